The lowest BCUT2D eigenvalue weighted by Crippen LogP contribution is -2.45. The Balaban J connectivity index is 1.61. The maximum atomic E-state index is 12.9. The molecule has 166 valence electrons. The molecule has 0 unspecified atom stereocenters. The van der Waals surface area contributed by atoms with Gasteiger partial charge in [-0.05, 0) is 31.9 Å². The summed E-state index contributed by atoms with van der Waals surface area (Å²) in [4.78, 5) is 40.5. The molecular weight excluding hydrogens is 400 g/mol. The minimum atomic E-state index is -0.402. The number of amides is 2. The Morgan fingerprint density at radius 2 is 1.84 bits per heavy atom. The number of likely N-dealkylation sites (N-methyl/N-ethyl adjacent to an activating group) is 1. The van der Waals surface area contributed by atoms with Crippen molar-refractivity contribution in [1.82, 2.24) is 19.6 Å². The number of ether oxygens (including phenoxy) is 2. The maximum absolute atomic E-state index is 12.9. The van der Waals surface area contributed by atoms with Crippen molar-refractivity contribution in [2.45, 2.75) is 19.8 Å². The van der Waals surface area contributed by atoms with E-state index in [-0.39, 0.29) is 30.0 Å². The molecular formula is C22H28N4O5. The van der Waals surface area contributed by atoms with E-state index in [2.05, 4.69) is 5.10 Å². The van der Waals surface area contributed by atoms with Gasteiger partial charge in [-0.15, -0.1) is 0 Å². The molecule has 1 saturated heterocycles. The van der Waals surface area contributed by atoms with Gasteiger partial charge < -0.3 is 19.3 Å². The number of carbonyl (C=O) groups excluding carboxylic acids is 3. The Kier molecular flexibility index (Phi) is 7.28. The van der Waals surface area contributed by atoms with Crippen LogP contribution in [-0.4, -0.2) is 77.8 Å². The number of carbonyl (C=O) groups is 3. The van der Waals surface area contributed by atoms with E-state index in [9.17, 15) is 14.4 Å². The Bertz CT molecular complexity index is 919. The van der Waals surface area contributed by atoms with Gasteiger partial charge in [0.15, 0.2) is 11.4 Å². The lowest BCUT2D eigenvalue weighted by atomic mass is 9.97. The summed E-state index contributed by atoms with van der Waals surface area (Å²) in [6.45, 7) is 2.99. The van der Waals surface area contributed by atoms with E-state index in [1.807, 2.05) is 30.3 Å². The molecule has 0 spiro atoms. The second-order valence-electron chi connectivity index (χ2n) is 7.39. The van der Waals surface area contributed by atoms with Crippen LogP contribution in [0.1, 0.15) is 30.3 Å². The molecule has 0 saturated carbocycles. The fourth-order valence-electron chi connectivity index (χ4n) is 3.55. The second kappa shape index (κ2) is 10.1. The highest BCUT2D eigenvalue weighted by molar-refractivity contribution is 5.97. The van der Waals surface area contributed by atoms with Crippen LogP contribution in [0.25, 0.3) is 5.69 Å². The van der Waals surface area contributed by atoms with E-state index in [0.29, 0.717) is 38.3 Å². The lowest BCUT2D eigenvalue weighted by molar-refractivity contribution is -0.151. The summed E-state index contributed by atoms with van der Waals surface area (Å²) < 4.78 is 12.0. The molecule has 0 bridgehead atoms. The number of benzene rings is 1. The first-order chi connectivity index (χ1) is 14.9. The molecule has 0 N–H and O–H groups in total. The van der Waals surface area contributed by atoms with Gasteiger partial charge in [0.25, 0.3) is 5.91 Å². The van der Waals surface area contributed by atoms with Gasteiger partial charge >= 0.3 is 5.97 Å². The lowest BCUT2D eigenvalue weighted by Gasteiger charge is -2.32. The molecule has 9 heteroatoms. The number of rotatable bonds is 7. The fourth-order valence-corrected chi connectivity index (χ4v) is 3.55. The van der Waals surface area contributed by atoms with Crippen LogP contribution in [-0.2, 0) is 14.3 Å². The van der Waals surface area contributed by atoms with E-state index in [1.165, 1.54) is 12.0 Å². The molecule has 1 aliphatic rings. The van der Waals surface area contributed by atoms with Gasteiger partial charge in [0.05, 0.1) is 38.1 Å². The van der Waals surface area contributed by atoms with Gasteiger partial charge in [0.2, 0.25) is 5.91 Å². The van der Waals surface area contributed by atoms with Crippen molar-refractivity contribution in [3.8, 4) is 11.4 Å². The number of likely N-dealkylation sites (tertiary alicyclic amines) is 1. The molecule has 9 nitrogen and oxygen atoms in total. The van der Waals surface area contributed by atoms with Crippen molar-refractivity contribution in [3.05, 3.63) is 42.2 Å². The minimum absolute atomic E-state index is 0.0791. The molecule has 2 amide bonds. The summed E-state index contributed by atoms with van der Waals surface area (Å²) in [6, 6.07) is 9.38. The zero-order valence-corrected chi connectivity index (χ0v) is 18.1. The summed E-state index contributed by atoms with van der Waals surface area (Å²) in [5.74, 6) is -0.609. The predicted octanol–water partition coefficient (Wildman–Crippen LogP) is 1.75. The smallest absolute Gasteiger partial charge is 0.309 e. The van der Waals surface area contributed by atoms with Crippen molar-refractivity contribution >= 4 is 17.8 Å². The number of aromatic nitrogens is 2. The molecule has 2 heterocycles. The monoisotopic (exact) mass is 428 g/mol. The van der Waals surface area contributed by atoms with Gasteiger partial charge in [-0.3, -0.25) is 14.4 Å². The average molecular weight is 428 g/mol. The van der Waals surface area contributed by atoms with E-state index >= 15 is 0 Å². The highest BCUT2D eigenvalue weighted by Gasteiger charge is 2.30. The number of piperidine rings is 1. The molecule has 1 aromatic heterocycles. The summed E-state index contributed by atoms with van der Waals surface area (Å²) in [7, 11) is 3.04. The Morgan fingerprint density at radius 3 is 2.45 bits per heavy atom. The Hall–Kier alpha value is -3.36. The third-order valence-electron chi connectivity index (χ3n) is 5.31. The van der Waals surface area contributed by atoms with Crippen molar-refractivity contribution in [2.24, 2.45) is 5.92 Å². The average Bonchev–Trinajstić information content (AvgIpc) is 3.24. The van der Waals surface area contributed by atoms with E-state index in [1.54, 1.807) is 29.7 Å². The van der Waals surface area contributed by atoms with Gasteiger partial charge in [0.1, 0.15) is 0 Å². The Morgan fingerprint density at radius 1 is 1.16 bits per heavy atom. The minimum Gasteiger partial charge on any atom is -0.493 e. The third kappa shape index (κ3) is 5.22. The number of esters is 1. The van der Waals surface area contributed by atoms with Crippen LogP contribution in [0.3, 0.4) is 0 Å². The van der Waals surface area contributed by atoms with Crippen molar-refractivity contribution in [3.63, 3.8) is 0 Å². The number of para-hydroxylation sites is 1. The first kappa shape index (κ1) is 22.3. The molecule has 2 aromatic rings. The summed E-state index contributed by atoms with van der Waals surface area (Å²) in [5.41, 5.74) is 0.936. The quantitative estimate of drug-likeness (QED) is 0.624. The normalized spacial score (nSPS) is 14.2. The first-order valence-electron chi connectivity index (χ1n) is 10.3. The highest BCUT2D eigenvalue weighted by Crippen LogP contribution is 2.22. The molecule has 3 rings (SSSR count). The van der Waals surface area contributed by atoms with Crippen molar-refractivity contribution in [1.29, 1.82) is 0 Å². The number of hydrogen-bond acceptors (Lipinski definition) is 6. The standard InChI is InChI=1S/C22H28N4O5/c1-4-31-22(29)16-10-12-25(13-11-16)19(27)15-24(2)21(28)20-18(30-3)14-26(23-20)17-8-6-5-7-9-17/h5-9,14,16H,4,10-13,15H2,1-3H3. The van der Waals surface area contributed by atoms with Gasteiger partial charge in [-0.25, -0.2) is 4.68 Å². The predicted molar refractivity (Wildman–Crippen MR) is 113 cm³/mol. The topological polar surface area (TPSA) is 94.0 Å². The largest absolute Gasteiger partial charge is 0.493 e. The van der Waals surface area contributed by atoms with E-state index in [0.717, 1.165) is 5.69 Å². The van der Waals surface area contributed by atoms with Crippen molar-refractivity contribution < 1.29 is 23.9 Å². The van der Waals surface area contributed by atoms with Crippen LogP contribution in [0.2, 0.25) is 0 Å². The van der Waals surface area contributed by atoms with E-state index < -0.39 is 5.91 Å². The number of hydrogen-bond donors (Lipinski definition) is 0. The highest BCUT2D eigenvalue weighted by atomic mass is 16.5. The van der Waals surface area contributed by atoms with Crippen LogP contribution < -0.4 is 4.74 Å². The molecule has 1 aromatic carbocycles. The fraction of sp³-hybridized carbons (Fsp3) is 0.455. The zero-order valence-electron chi connectivity index (χ0n) is 18.1. The number of methoxy groups -OCH3 is 1. The van der Waals surface area contributed by atoms with E-state index in [4.69, 9.17) is 9.47 Å². The van der Waals surface area contributed by atoms with Crippen molar-refractivity contribution in [2.75, 3.05) is 40.4 Å². The summed E-state index contributed by atoms with van der Waals surface area (Å²) in [5, 5.41) is 4.36. The molecule has 31 heavy (non-hydrogen) atoms. The van der Waals surface area contributed by atoms with Gasteiger partial charge in [-0.2, -0.15) is 5.10 Å². The van der Waals surface area contributed by atoms with Crippen LogP contribution in [0, 0.1) is 5.92 Å². The van der Waals surface area contributed by atoms with Crippen LogP contribution >= 0.6 is 0 Å². The zero-order chi connectivity index (χ0) is 22.4. The van der Waals surface area contributed by atoms with Gasteiger partial charge in [0, 0.05) is 20.1 Å². The SMILES string of the molecule is CCOC(=O)C1CCN(C(=O)CN(C)C(=O)c2nn(-c3ccccc3)cc2OC)CC1. The summed E-state index contributed by atoms with van der Waals surface area (Å²) in [6.07, 6.45) is 2.77. The molecule has 0 radical (unpaired) electrons. The number of nitrogens with zero attached hydrogens (tertiary/aromatic N) is 4. The first-order valence-corrected chi connectivity index (χ1v) is 10.3. The maximum Gasteiger partial charge on any atom is 0.309 e. The van der Waals surface area contributed by atoms with Crippen LogP contribution in [0.4, 0.5) is 0 Å². The molecule has 0 atom stereocenters. The Labute approximate surface area is 181 Å². The third-order valence-corrected chi connectivity index (χ3v) is 5.31. The molecule has 1 aliphatic heterocycles. The molecule has 0 aliphatic carbocycles. The second-order valence-corrected chi connectivity index (χ2v) is 7.39. The van der Waals surface area contributed by atoms with Crippen LogP contribution in [0.5, 0.6) is 5.75 Å². The van der Waals surface area contributed by atoms with Gasteiger partial charge in [-0.1, -0.05) is 18.2 Å². The summed E-state index contributed by atoms with van der Waals surface area (Å²) >= 11 is 0. The molecule has 1 fully saturated rings. The van der Waals surface area contributed by atoms with Crippen LogP contribution in [0.15, 0.2) is 36.5 Å².